The number of primary amides is 2. The van der Waals surface area contributed by atoms with Crippen molar-refractivity contribution in [3.05, 3.63) is 65.5 Å². The van der Waals surface area contributed by atoms with Crippen LogP contribution in [-0.2, 0) is 28.6 Å². The average Bonchev–Trinajstić information content (AvgIpc) is 0.774. The van der Waals surface area contributed by atoms with Gasteiger partial charge in [0.05, 0.1) is 188 Å². The molecule has 0 saturated heterocycles. The van der Waals surface area contributed by atoms with Crippen molar-refractivity contribution in [3.8, 4) is 0 Å². The van der Waals surface area contributed by atoms with Gasteiger partial charge in [-0.3, -0.25) is 43.2 Å². The molecule has 542 valence electrons. The van der Waals surface area contributed by atoms with E-state index in [0.29, 0.717) is 0 Å². The molecule has 3 rings (SSSR count). The van der Waals surface area contributed by atoms with E-state index in [1.165, 1.54) is 7.05 Å². The summed E-state index contributed by atoms with van der Waals surface area (Å²) in [7, 11) is 1.32. The highest BCUT2D eigenvalue weighted by molar-refractivity contribution is 14.1. The maximum Gasteiger partial charge on any atom is 0.253 e. The normalized spacial score (nSPS) is 13.9. The lowest BCUT2D eigenvalue weighted by Gasteiger charge is -2.34. The minimum absolute atomic E-state index is 0.0418. The van der Waals surface area contributed by atoms with Crippen LogP contribution in [0.2, 0.25) is 0 Å². The molecule has 42 heteroatoms. The largest absolute Gasteiger partial charge is 0.394 e. The van der Waals surface area contributed by atoms with Gasteiger partial charge in [-0.1, -0.05) is 6.92 Å². The highest BCUT2D eigenvalue weighted by Gasteiger charge is 2.38. The second-order valence-corrected chi connectivity index (χ2v) is 30.6. The minimum Gasteiger partial charge on any atom is -0.394 e. The fourth-order valence-corrected chi connectivity index (χ4v) is 23.0. The average molecular weight is 2380 g/mol. The summed E-state index contributed by atoms with van der Waals surface area (Å²) in [6, 6.07) is 0. The number of nitrogens with two attached hydrogens (primary N) is 2. The second-order valence-electron chi connectivity index (χ2n) is 20.9. The van der Waals surface area contributed by atoms with Crippen molar-refractivity contribution in [2.45, 2.75) is 50.0 Å². The van der Waals surface area contributed by atoms with Gasteiger partial charge < -0.3 is 123 Å². The molecule has 0 aromatic heterocycles. The van der Waals surface area contributed by atoms with E-state index in [-0.39, 0.29) is 89.0 Å². The molecule has 0 aliphatic rings. The van der Waals surface area contributed by atoms with Crippen LogP contribution in [0.15, 0.2) is 0 Å². The third-order valence-electron chi connectivity index (χ3n) is 13.8. The Morgan fingerprint density at radius 3 is 0.856 bits per heavy atom. The number of ether oxygens (including phenoxy) is 3. The molecule has 3 aromatic carbocycles. The third-order valence-corrected chi connectivity index (χ3v) is 23.4. The Morgan fingerprint density at radius 1 is 0.402 bits per heavy atom. The number of hydrogen-bond acceptors (Lipinski definition) is 24. The number of anilines is 3. The number of rotatable bonds is 40. The molecule has 0 fully saturated rings. The number of carbonyl (C=O) groups excluding carboxylic acids is 9. The number of nitrogens with one attached hydrogen (secondary N) is 4. The van der Waals surface area contributed by atoms with E-state index in [1.807, 2.05) is 0 Å². The van der Waals surface area contributed by atoms with Crippen molar-refractivity contribution in [1.29, 1.82) is 0 Å². The second kappa shape index (κ2) is 43.3. The molecule has 0 bridgehead atoms. The Labute approximate surface area is 677 Å². The summed E-state index contributed by atoms with van der Waals surface area (Å²) >= 11 is 15.6. The quantitative estimate of drug-likeness (QED) is 0.0270. The number of hydrogen-bond donors (Lipinski definition) is 18. The van der Waals surface area contributed by atoms with Crippen molar-refractivity contribution in [1.82, 2.24) is 21.3 Å². The van der Waals surface area contributed by atoms with Crippen LogP contribution in [-0.4, -0.2) is 277 Å². The van der Waals surface area contributed by atoms with E-state index in [4.69, 9.17) is 25.7 Å². The Balaban J connectivity index is 2.15. The molecule has 20 N–H and O–H groups in total. The van der Waals surface area contributed by atoms with E-state index in [1.54, 1.807) is 210 Å². The molecule has 0 aliphatic heterocycles. The zero-order chi connectivity index (χ0) is 73.7. The number of aliphatic hydroxyl groups is 12. The Hall–Kier alpha value is -1.14. The van der Waals surface area contributed by atoms with Gasteiger partial charge in [0.25, 0.3) is 53.2 Å². The summed E-state index contributed by atoms with van der Waals surface area (Å²) in [6.07, 6.45) is -8.94. The Kier molecular flexibility index (Phi) is 40.2. The molecular formula is C55H70I9N9O24. The predicted octanol–water partition coefficient (Wildman–Crippen LogP) is -2.16. The number of benzene rings is 3. The van der Waals surface area contributed by atoms with Crippen LogP contribution in [0.25, 0.3) is 0 Å². The summed E-state index contributed by atoms with van der Waals surface area (Å²) in [5.74, 6) is -8.28. The lowest BCUT2D eigenvalue weighted by Crippen LogP contribution is -2.45. The van der Waals surface area contributed by atoms with Crippen LogP contribution in [0.4, 0.5) is 17.1 Å². The zero-order valence-corrected chi connectivity index (χ0v) is 70.5. The SMILES string of the molecule is CCC(COCC(O)CN(C(=O)CO)c1c(I)c(C(N)=O)c(I)c(C(=O)NCC(O)CO)c1I)(COCC(O)CN(C(=O)CO)c1c(I)c(C(N)=O)c(I)c(C(=O)NCC(O)CO)c1I)COCC(O)CN(C(=O)CO)c1c(I)c(C(=O)NC)c(I)c(C(=O)NCC(O)CO)c1I. The first-order chi connectivity index (χ1) is 45.6. The van der Waals surface area contributed by atoms with Gasteiger partial charge in [0.1, 0.15) is 19.8 Å². The summed E-state index contributed by atoms with van der Waals surface area (Å²) in [5, 5.41) is 134. The van der Waals surface area contributed by atoms with Crippen LogP contribution >= 0.6 is 203 Å². The molecule has 0 heterocycles. The lowest BCUT2D eigenvalue weighted by molar-refractivity contribution is -0.122. The first-order valence-corrected chi connectivity index (χ1v) is 37.9. The molecule has 0 radical (unpaired) electrons. The molecule has 97 heavy (non-hydrogen) atoms. The van der Waals surface area contributed by atoms with Crippen LogP contribution in [0.5, 0.6) is 0 Å². The summed E-state index contributed by atoms with van der Waals surface area (Å²) in [4.78, 5) is 124. The van der Waals surface area contributed by atoms with Crippen molar-refractivity contribution in [2.24, 2.45) is 16.9 Å². The van der Waals surface area contributed by atoms with E-state index >= 15 is 0 Å². The van der Waals surface area contributed by atoms with E-state index in [9.17, 15) is 104 Å². The Morgan fingerprint density at radius 2 is 0.639 bits per heavy atom. The van der Waals surface area contributed by atoms with E-state index in [2.05, 4.69) is 21.3 Å². The minimum atomic E-state index is -1.64. The molecule has 9 amide bonds. The van der Waals surface area contributed by atoms with Gasteiger partial charge in [-0.25, -0.2) is 0 Å². The monoisotopic (exact) mass is 2380 g/mol. The van der Waals surface area contributed by atoms with Crippen molar-refractivity contribution in [2.75, 3.05) is 140 Å². The number of carbonyl (C=O) groups is 9. The van der Waals surface area contributed by atoms with Gasteiger partial charge in [0.2, 0.25) is 0 Å². The predicted molar refractivity (Wildman–Crippen MR) is 422 cm³/mol. The highest BCUT2D eigenvalue weighted by Crippen LogP contribution is 2.42. The van der Waals surface area contributed by atoms with Gasteiger partial charge in [0, 0.05) is 42.8 Å². The Bertz CT molecular complexity index is 3230. The van der Waals surface area contributed by atoms with Gasteiger partial charge >= 0.3 is 0 Å². The van der Waals surface area contributed by atoms with Crippen LogP contribution in [0.3, 0.4) is 0 Å². The first kappa shape index (κ1) is 90.1. The smallest absolute Gasteiger partial charge is 0.253 e. The van der Waals surface area contributed by atoms with E-state index < -0.39 is 214 Å². The maximum absolute atomic E-state index is 13.7. The number of nitrogens with zero attached hydrogens (tertiary/aromatic N) is 3. The third kappa shape index (κ3) is 24.2. The number of aliphatic hydroxyl groups excluding tert-OH is 12. The van der Waals surface area contributed by atoms with Gasteiger partial charge in [-0.05, 0) is 210 Å². The first-order valence-electron chi connectivity index (χ1n) is 28.2. The molecule has 6 atom stereocenters. The van der Waals surface area contributed by atoms with Gasteiger partial charge in [-0.2, -0.15) is 0 Å². The van der Waals surface area contributed by atoms with Crippen molar-refractivity contribution >= 4 is 274 Å². The summed E-state index contributed by atoms with van der Waals surface area (Å²) in [5.41, 5.74) is 8.92. The van der Waals surface area contributed by atoms with Gasteiger partial charge in [-0.15, -0.1) is 0 Å². The fraction of sp³-hybridized carbons (Fsp3) is 0.509. The van der Waals surface area contributed by atoms with Crippen LogP contribution in [0, 0.1) is 37.5 Å². The standard InChI is InChI=1S/C55H70I9N9O24/c1-3-55(19-95-16-25(83)7-71(28(86)13-77)46-40(59)31(49(65)89)37(56)34(43(46)62)52(92)68-4-22(80)10-74,20-96-17-26(84)8-72(29(87)14-78)47-41(60)32(50(66)90)38(57)35(44(47)63)53(93)69-5-23(81)11-75)21-97-18-27(85)9-73(30(88)15-79)48-42(61)33(51(91)67-2)39(58)36(45(48)64)54(94)70-6-24(82)12-76/h22-27,74-85H,3-21H2,1-2H3,(H2,65,89)(H2,66,90)(H,67,91)(H,68,92)(H,69,93)(H,70,94). The molecule has 33 nitrogen and oxygen atoms in total. The topological polar surface area (TPSA) is 534 Å². The molecule has 0 saturated carbocycles. The molecule has 0 spiro atoms. The van der Waals surface area contributed by atoms with Crippen LogP contribution in [0.1, 0.15) is 75.5 Å². The van der Waals surface area contributed by atoms with Crippen molar-refractivity contribution in [3.63, 3.8) is 0 Å². The van der Waals surface area contributed by atoms with Crippen molar-refractivity contribution < 1.29 is 119 Å². The maximum atomic E-state index is 13.7. The summed E-state index contributed by atoms with van der Waals surface area (Å²) in [6.45, 7) is -10.1. The molecule has 3 aromatic rings. The molecular weight excluding hydrogens is 2310 g/mol. The number of amides is 9. The number of halogens is 9. The fourth-order valence-electron chi connectivity index (χ4n) is 8.77. The van der Waals surface area contributed by atoms with E-state index in [0.717, 1.165) is 14.7 Å². The summed E-state index contributed by atoms with van der Waals surface area (Å²) < 4.78 is 19.0. The van der Waals surface area contributed by atoms with Crippen LogP contribution < -0.4 is 47.4 Å². The zero-order valence-electron chi connectivity index (χ0n) is 51.1. The van der Waals surface area contributed by atoms with Gasteiger partial charge in [0.15, 0.2) is 0 Å². The molecule has 0 aliphatic carbocycles. The highest BCUT2D eigenvalue weighted by atomic mass is 127. The lowest BCUT2D eigenvalue weighted by atomic mass is 9.88. The molecule has 6 unspecified atom stereocenters.